The summed E-state index contributed by atoms with van der Waals surface area (Å²) in [6.07, 6.45) is 0. The van der Waals surface area contributed by atoms with E-state index in [1.54, 1.807) is 11.3 Å². The highest BCUT2D eigenvalue weighted by Gasteiger charge is 2.10. The van der Waals surface area contributed by atoms with Crippen molar-refractivity contribution in [2.45, 2.75) is 13.5 Å². The summed E-state index contributed by atoms with van der Waals surface area (Å²) in [7, 11) is 0. The first-order valence-corrected chi connectivity index (χ1v) is 7.73. The van der Waals surface area contributed by atoms with Crippen LogP contribution in [0.4, 0.5) is 5.69 Å². The van der Waals surface area contributed by atoms with Crippen molar-refractivity contribution in [1.29, 1.82) is 0 Å². The van der Waals surface area contributed by atoms with Gasteiger partial charge in [0, 0.05) is 23.2 Å². The van der Waals surface area contributed by atoms with Gasteiger partial charge in [0.25, 0.3) is 0 Å². The Morgan fingerprint density at radius 2 is 2.10 bits per heavy atom. The van der Waals surface area contributed by atoms with Crippen LogP contribution in [0.25, 0.3) is 21.2 Å². The minimum Gasteiger partial charge on any atom is -0.461 e. The fraction of sp³-hybridized carbons (Fsp3) is 0.118. The molecule has 104 valence electrons. The summed E-state index contributed by atoms with van der Waals surface area (Å²) in [5.41, 5.74) is 6.20. The van der Waals surface area contributed by atoms with Crippen LogP contribution in [0.2, 0.25) is 0 Å². The number of furan rings is 1. The molecule has 4 aromatic rings. The summed E-state index contributed by atoms with van der Waals surface area (Å²) >= 11 is 1.66. The molecule has 4 heteroatoms. The van der Waals surface area contributed by atoms with E-state index in [1.165, 1.54) is 15.6 Å². The van der Waals surface area contributed by atoms with Crippen LogP contribution in [-0.2, 0) is 6.54 Å². The average Bonchev–Trinajstić information content (AvgIpc) is 3.08. The molecule has 0 saturated carbocycles. The number of aromatic nitrogens is 1. The third kappa shape index (κ3) is 2.17. The van der Waals surface area contributed by atoms with Crippen molar-refractivity contribution in [2.24, 2.45) is 0 Å². The Kier molecular flexibility index (Phi) is 2.89. The van der Waals surface area contributed by atoms with E-state index in [1.807, 2.05) is 30.6 Å². The average molecular weight is 294 g/mol. The van der Waals surface area contributed by atoms with Crippen LogP contribution in [-0.4, -0.2) is 4.98 Å². The van der Waals surface area contributed by atoms with E-state index in [9.17, 15) is 0 Å². The third-order valence-electron chi connectivity index (χ3n) is 3.70. The van der Waals surface area contributed by atoms with E-state index in [2.05, 4.69) is 34.6 Å². The van der Waals surface area contributed by atoms with Crippen molar-refractivity contribution in [3.05, 3.63) is 59.3 Å². The van der Waals surface area contributed by atoms with Gasteiger partial charge in [0.15, 0.2) is 0 Å². The first-order chi connectivity index (χ1) is 10.3. The minimum atomic E-state index is 0.757. The molecule has 0 radical (unpaired) electrons. The summed E-state index contributed by atoms with van der Waals surface area (Å²) < 4.78 is 7.00. The maximum absolute atomic E-state index is 5.80. The predicted molar refractivity (Wildman–Crippen MR) is 87.9 cm³/mol. The molecule has 4 rings (SSSR count). The fourth-order valence-electron chi connectivity index (χ4n) is 2.60. The lowest BCUT2D eigenvalue weighted by Gasteiger charge is -2.06. The molecule has 2 aromatic heterocycles. The lowest BCUT2D eigenvalue weighted by Crippen LogP contribution is -1.99. The maximum Gasteiger partial charge on any atom is 0.134 e. The topological polar surface area (TPSA) is 38.1 Å². The highest BCUT2D eigenvalue weighted by Crippen LogP contribution is 2.27. The SMILES string of the molecule is Cc1oc2ccccc2c1CNc1ccc2ncsc2c1. The van der Waals surface area contributed by atoms with Gasteiger partial charge in [0.05, 0.1) is 15.7 Å². The number of aryl methyl sites for hydroxylation is 1. The number of thiazole rings is 1. The lowest BCUT2D eigenvalue weighted by atomic mass is 10.1. The molecule has 3 nitrogen and oxygen atoms in total. The number of anilines is 1. The van der Waals surface area contributed by atoms with E-state index < -0.39 is 0 Å². The predicted octanol–water partition coefficient (Wildman–Crippen LogP) is 4.96. The zero-order valence-electron chi connectivity index (χ0n) is 11.6. The number of hydrogen-bond acceptors (Lipinski definition) is 4. The second kappa shape index (κ2) is 4.90. The lowest BCUT2D eigenvalue weighted by molar-refractivity contribution is 0.573. The van der Waals surface area contributed by atoms with E-state index in [4.69, 9.17) is 4.42 Å². The van der Waals surface area contributed by atoms with Crippen LogP contribution >= 0.6 is 11.3 Å². The molecule has 0 aliphatic carbocycles. The summed E-state index contributed by atoms with van der Waals surface area (Å²) in [6, 6.07) is 14.4. The number of nitrogens with one attached hydrogen (secondary N) is 1. The van der Waals surface area contributed by atoms with Crippen LogP contribution in [0, 0.1) is 6.92 Å². The summed E-state index contributed by atoms with van der Waals surface area (Å²) in [6.45, 7) is 2.77. The van der Waals surface area contributed by atoms with E-state index >= 15 is 0 Å². The molecule has 0 spiro atoms. The Morgan fingerprint density at radius 1 is 1.19 bits per heavy atom. The molecule has 2 heterocycles. The first-order valence-electron chi connectivity index (χ1n) is 6.85. The van der Waals surface area contributed by atoms with Crippen LogP contribution in [0.1, 0.15) is 11.3 Å². The molecule has 0 unspecified atom stereocenters. The highest BCUT2D eigenvalue weighted by molar-refractivity contribution is 7.16. The van der Waals surface area contributed by atoms with Crippen LogP contribution < -0.4 is 5.32 Å². The first kappa shape index (κ1) is 12.4. The number of fused-ring (bicyclic) bond motifs is 2. The second-order valence-electron chi connectivity index (χ2n) is 5.02. The standard InChI is InChI=1S/C17H14N2OS/c1-11-14(13-4-2-3-5-16(13)20-11)9-18-12-6-7-15-17(8-12)21-10-19-15/h2-8,10,18H,9H2,1H3. The van der Waals surface area contributed by atoms with Gasteiger partial charge in [0.2, 0.25) is 0 Å². The second-order valence-corrected chi connectivity index (χ2v) is 5.91. The molecular formula is C17H14N2OS. The molecule has 2 aromatic carbocycles. The van der Waals surface area contributed by atoms with E-state index in [0.29, 0.717) is 0 Å². The highest BCUT2D eigenvalue weighted by atomic mass is 32.1. The Labute approximate surface area is 126 Å². The van der Waals surface area contributed by atoms with Gasteiger partial charge >= 0.3 is 0 Å². The Balaban J connectivity index is 1.64. The van der Waals surface area contributed by atoms with Gasteiger partial charge in [-0.2, -0.15) is 0 Å². The van der Waals surface area contributed by atoms with Crippen molar-refractivity contribution in [3.63, 3.8) is 0 Å². The molecule has 0 bridgehead atoms. The largest absolute Gasteiger partial charge is 0.461 e. The number of rotatable bonds is 3. The quantitative estimate of drug-likeness (QED) is 0.580. The van der Waals surface area contributed by atoms with Crippen molar-refractivity contribution in [3.8, 4) is 0 Å². The number of benzene rings is 2. The van der Waals surface area contributed by atoms with Crippen LogP contribution in [0.5, 0.6) is 0 Å². The molecule has 0 fully saturated rings. The number of para-hydroxylation sites is 1. The van der Waals surface area contributed by atoms with Crippen molar-refractivity contribution < 1.29 is 4.42 Å². The van der Waals surface area contributed by atoms with Gasteiger partial charge in [0.1, 0.15) is 11.3 Å². The Hall–Kier alpha value is -2.33. The molecule has 1 N–H and O–H groups in total. The minimum absolute atomic E-state index is 0.757. The smallest absolute Gasteiger partial charge is 0.134 e. The fourth-order valence-corrected chi connectivity index (χ4v) is 3.31. The van der Waals surface area contributed by atoms with Gasteiger partial charge < -0.3 is 9.73 Å². The van der Waals surface area contributed by atoms with E-state index in [-0.39, 0.29) is 0 Å². The molecule has 0 atom stereocenters. The van der Waals surface area contributed by atoms with Crippen molar-refractivity contribution in [1.82, 2.24) is 4.98 Å². The summed E-state index contributed by atoms with van der Waals surface area (Å²) in [4.78, 5) is 4.30. The summed E-state index contributed by atoms with van der Waals surface area (Å²) in [5.74, 6) is 0.975. The molecule has 0 amide bonds. The summed E-state index contributed by atoms with van der Waals surface area (Å²) in [5, 5.41) is 4.66. The number of nitrogens with zero attached hydrogens (tertiary/aromatic N) is 1. The van der Waals surface area contributed by atoms with E-state index in [0.717, 1.165) is 29.1 Å². The van der Waals surface area contributed by atoms with Gasteiger partial charge in [-0.25, -0.2) is 4.98 Å². The maximum atomic E-state index is 5.80. The van der Waals surface area contributed by atoms with Gasteiger partial charge in [-0.05, 0) is 31.2 Å². The Morgan fingerprint density at radius 3 is 3.05 bits per heavy atom. The molecular weight excluding hydrogens is 280 g/mol. The van der Waals surface area contributed by atoms with Gasteiger partial charge in [-0.3, -0.25) is 0 Å². The normalized spacial score (nSPS) is 11.3. The van der Waals surface area contributed by atoms with Crippen molar-refractivity contribution >= 4 is 38.2 Å². The third-order valence-corrected chi connectivity index (χ3v) is 4.49. The molecule has 0 aliphatic heterocycles. The molecule has 0 aliphatic rings. The van der Waals surface area contributed by atoms with Gasteiger partial charge in [-0.15, -0.1) is 11.3 Å². The number of hydrogen-bond donors (Lipinski definition) is 1. The molecule has 21 heavy (non-hydrogen) atoms. The molecule has 0 saturated heterocycles. The monoisotopic (exact) mass is 294 g/mol. The Bertz CT molecular complexity index is 923. The van der Waals surface area contributed by atoms with Crippen LogP contribution in [0.3, 0.4) is 0 Å². The van der Waals surface area contributed by atoms with Crippen LogP contribution in [0.15, 0.2) is 52.4 Å². The van der Waals surface area contributed by atoms with Gasteiger partial charge in [-0.1, -0.05) is 18.2 Å². The zero-order valence-corrected chi connectivity index (χ0v) is 12.4. The van der Waals surface area contributed by atoms with Crippen molar-refractivity contribution in [2.75, 3.05) is 5.32 Å². The zero-order chi connectivity index (χ0) is 14.2.